The third-order valence-electron chi connectivity index (χ3n) is 3.32. The fourth-order valence-electron chi connectivity index (χ4n) is 2.26. The summed E-state index contributed by atoms with van der Waals surface area (Å²) in [4.78, 5) is 12.0. The second kappa shape index (κ2) is 5.89. The molecule has 18 heavy (non-hydrogen) atoms. The average molecular weight is 246 g/mol. The molecule has 0 aliphatic carbocycles. The molecule has 1 amide bonds. The third kappa shape index (κ3) is 3.25. The molecule has 0 spiro atoms. The van der Waals surface area contributed by atoms with Gasteiger partial charge in [0.2, 0.25) is 0 Å². The summed E-state index contributed by atoms with van der Waals surface area (Å²) >= 11 is 0. The Hall–Kier alpha value is -1.51. The largest absolute Gasteiger partial charge is 0.384 e. The van der Waals surface area contributed by atoms with Gasteiger partial charge in [-0.3, -0.25) is 4.79 Å². The molecule has 0 saturated heterocycles. The first-order valence-electron chi connectivity index (χ1n) is 6.82. The van der Waals surface area contributed by atoms with Crippen molar-refractivity contribution >= 4 is 11.6 Å². The van der Waals surface area contributed by atoms with Gasteiger partial charge in [0.15, 0.2) is 0 Å². The fourth-order valence-corrected chi connectivity index (χ4v) is 2.26. The smallest absolute Gasteiger partial charge is 0.251 e. The molecule has 0 saturated carbocycles. The number of fused-ring (bicyclic) bond motifs is 1. The van der Waals surface area contributed by atoms with E-state index >= 15 is 0 Å². The molecule has 0 aromatic heterocycles. The molecule has 0 fully saturated rings. The molecule has 0 unspecified atom stereocenters. The highest BCUT2D eigenvalue weighted by atomic mass is 16.1. The number of carbonyl (C=O) groups excluding carboxylic acids is 1. The van der Waals surface area contributed by atoms with Crippen molar-refractivity contribution in [2.45, 2.75) is 33.1 Å². The molecule has 1 aromatic rings. The third-order valence-corrected chi connectivity index (χ3v) is 3.32. The molecule has 0 bridgehead atoms. The van der Waals surface area contributed by atoms with Gasteiger partial charge in [-0.1, -0.05) is 13.8 Å². The zero-order chi connectivity index (χ0) is 13.0. The summed E-state index contributed by atoms with van der Waals surface area (Å²) in [5, 5.41) is 6.29. The number of hydrogen-bond donors (Lipinski definition) is 2. The summed E-state index contributed by atoms with van der Waals surface area (Å²) in [5.74, 6) is 0.751. The molecule has 2 rings (SSSR count). The van der Waals surface area contributed by atoms with E-state index in [1.807, 2.05) is 18.2 Å². The predicted octanol–water partition coefficient (Wildman–Crippen LogP) is 2.82. The number of nitrogens with one attached hydrogen (secondary N) is 2. The molecule has 0 atom stereocenters. The van der Waals surface area contributed by atoms with Gasteiger partial charge in [-0.05, 0) is 48.9 Å². The van der Waals surface area contributed by atoms with Gasteiger partial charge in [0, 0.05) is 24.3 Å². The van der Waals surface area contributed by atoms with Crippen LogP contribution in [0.2, 0.25) is 0 Å². The highest BCUT2D eigenvalue weighted by molar-refractivity contribution is 5.95. The molecular formula is C15H22N2O. The molecule has 1 aliphatic rings. The monoisotopic (exact) mass is 246 g/mol. The summed E-state index contributed by atoms with van der Waals surface area (Å²) < 4.78 is 0. The van der Waals surface area contributed by atoms with E-state index in [1.54, 1.807) is 0 Å². The van der Waals surface area contributed by atoms with E-state index in [2.05, 4.69) is 24.5 Å². The van der Waals surface area contributed by atoms with Crippen molar-refractivity contribution < 1.29 is 4.79 Å². The second-order valence-corrected chi connectivity index (χ2v) is 5.34. The van der Waals surface area contributed by atoms with Crippen molar-refractivity contribution in [3.05, 3.63) is 29.3 Å². The van der Waals surface area contributed by atoms with Crippen LogP contribution in [0.5, 0.6) is 0 Å². The lowest BCUT2D eigenvalue weighted by molar-refractivity contribution is 0.0952. The van der Waals surface area contributed by atoms with Crippen LogP contribution in [0, 0.1) is 5.92 Å². The molecule has 3 heteroatoms. The van der Waals surface area contributed by atoms with Crippen LogP contribution < -0.4 is 10.6 Å². The Labute approximate surface area is 109 Å². The van der Waals surface area contributed by atoms with E-state index in [-0.39, 0.29) is 5.91 Å². The minimum Gasteiger partial charge on any atom is -0.384 e. The van der Waals surface area contributed by atoms with E-state index in [9.17, 15) is 4.79 Å². The van der Waals surface area contributed by atoms with Gasteiger partial charge in [0.05, 0.1) is 0 Å². The Balaban J connectivity index is 1.85. The summed E-state index contributed by atoms with van der Waals surface area (Å²) in [6.45, 7) is 6.16. The standard InChI is InChI=1S/C15H22N2O/c1-11(2)4-3-8-17-15(18)13-5-6-14-12(10-13)7-9-16-14/h5-6,10-11,16H,3-4,7-9H2,1-2H3,(H,17,18). The Morgan fingerprint density at radius 3 is 3.06 bits per heavy atom. The molecule has 1 heterocycles. The van der Waals surface area contributed by atoms with Crippen molar-refractivity contribution in [2.75, 3.05) is 18.4 Å². The van der Waals surface area contributed by atoms with Gasteiger partial charge in [0.25, 0.3) is 5.91 Å². The van der Waals surface area contributed by atoms with Gasteiger partial charge in [-0.25, -0.2) is 0 Å². The Morgan fingerprint density at radius 1 is 1.44 bits per heavy atom. The number of anilines is 1. The van der Waals surface area contributed by atoms with Gasteiger partial charge in [-0.15, -0.1) is 0 Å². The lowest BCUT2D eigenvalue weighted by Crippen LogP contribution is -2.24. The normalized spacial score (nSPS) is 13.3. The van der Waals surface area contributed by atoms with Crippen molar-refractivity contribution in [1.29, 1.82) is 0 Å². The number of benzene rings is 1. The van der Waals surface area contributed by atoms with Crippen molar-refractivity contribution in [1.82, 2.24) is 5.32 Å². The molecule has 3 nitrogen and oxygen atoms in total. The molecule has 2 N–H and O–H groups in total. The Kier molecular flexibility index (Phi) is 4.24. The van der Waals surface area contributed by atoms with Crippen LogP contribution in [0.25, 0.3) is 0 Å². The van der Waals surface area contributed by atoms with Crippen LogP contribution in [0.1, 0.15) is 42.6 Å². The van der Waals surface area contributed by atoms with E-state index in [0.29, 0.717) is 5.92 Å². The van der Waals surface area contributed by atoms with Crippen molar-refractivity contribution in [2.24, 2.45) is 5.92 Å². The predicted molar refractivity (Wildman–Crippen MR) is 75.0 cm³/mol. The average Bonchev–Trinajstić information content (AvgIpc) is 2.81. The lowest BCUT2D eigenvalue weighted by atomic mass is 10.1. The second-order valence-electron chi connectivity index (χ2n) is 5.34. The van der Waals surface area contributed by atoms with Gasteiger partial charge >= 0.3 is 0 Å². The number of hydrogen-bond acceptors (Lipinski definition) is 2. The Morgan fingerprint density at radius 2 is 2.28 bits per heavy atom. The summed E-state index contributed by atoms with van der Waals surface area (Å²) in [5.41, 5.74) is 3.21. The van der Waals surface area contributed by atoms with Crippen LogP contribution in [0.3, 0.4) is 0 Å². The summed E-state index contributed by atoms with van der Waals surface area (Å²) in [7, 11) is 0. The lowest BCUT2D eigenvalue weighted by Gasteiger charge is -2.08. The number of rotatable bonds is 5. The van der Waals surface area contributed by atoms with E-state index < -0.39 is 0 Å². The highest BCUT2D eigenvalue weighted by Gasteiger charge is 2.12. The molecule has 98 valence electrons. The molecular weight excluding hydrogens is 224 g/mol. The summed E-state index contributed by atoms with van der Waals surface area (Å²) in [6, 6.07) is 5.91. The number of carbonyl (C=O) groups is 1. The first kappa shape index (κ1) is 12.9. The SMILES string of the molecule is CC(C)CCCNC(=O)c1ccc2c(c1)CCN2. The van der Waals surface area contributed by atoms with E-state index in [4.69, 9.17) is 0 Å². The van der Waals surface area contributed by atoms with Crippen LogP contribution in [0.15, 0.2) is 18.2 Å². The van der Waals surface area contributed by atoms with E-state index in [1.165, 1.54) is 11.3 Å². The van der Waals surface area contributed by atoms with Crippen molar-refractivity contribution in [3.8, 4) is 0 Å². The van der Waals surface area contributed by atoms with Crippen LogP contribution in [-0.4, -0.2) is 19.0 Å². The topological polar surface area (TPSA) is 41.1 Å². The van der Waals surface area contributed by atoms with E-state index in [0.717, 1.165) is 37.9 Å². The fraction of sp³-hybridized carbons (Fsp3) is 0.533. The minimum absolute atomic E-state index is 0.0495. The number of amides is 1. The maximum absolute atomic E-state index is 12.0. The molecule has 1 aromatic carbocycles. The van der Waals surface area contributed by atoms with Crippen LogP contribution in [-0.2, 0) is 6.42 Å². The first-order valence-corrected chi connectivity index (χ1v) is 6.82. The quantitative estimate of drug-likeness (QED) is 0.784. The minimum atomic E-state index is 0.0495. The zero-order valence-corrected chi connectivity index (χ0v) is 11.3. The zero-order valence-electron chi connectivity index (χ0n) is 11.3. The highest BCUT2D eigenvalue weighted by Crippen LogP contribution is 2.22. The van der Waals surface area contributed by atoms with Crippen molar-refractivity contribution in [3.63, 3.8) is 0 Å². The maximum Gasteiger partial charge on any atom is 0.251 e. The Bertz CT molecular complexity index is 427. The molecule has 0 radical (unpaired) electrons. The summed E-state index contributed by atoms with van der Waals surface area (Å²) in [6.07, 6.45) is 3.23. The van der Waals surface area contributed by atoms with Gasteiger partial charge in [-0.2, -0.15) is 0 Å². The molecule has 1 aliphatic heterocycles. The van der Waals surface area contributed by atoms with Crippen LogP contribution in [0.4, 0.5) is 5.69 Å². The maximum atomic E-state index is 12.0. The van der Waals surface area contributed by atoms with Gasteiger partial charge in [0.1, 0.15) is 0 Å². The first-order chi connectivity index (χ1) is 8.66. The van der Waals surface area contributed by atoms with Gasteiger partial charge < -0.3 is 10.6 Å². The van der Waals surface area contributed by atoms with Crippen LogP contribution >= 0.6 is 0 Å².